The molecule has 142 valence electrons. The van der Waals surface area contributed by atoms with Gasteiger partial charge in [0.2, 0.25) is 5.91 Å². The normalized spacial score (nSPS) is 29.6. The maximum atomic E-state index is 12.8. The van der Waals surface area contributed by atoms with Crippen molar-refractivity contribution in [1.82, 2.24) is 24.9 Å². The number of hydrogen-bond donors (Lipinski definition) is 1. The Morgan fingerprint density at radius 2 is 2.12 bits per heavy atom. The van der Waals surface area contributed by atoms with Crippen LogP contribution in [0.2, 0.25) is 0 Å². The van der Waals surface area contributed by atoms with E-state index in [0.717, 1.165) is 32.5 Å². The van der Waals surface area contributed by atoms with Gasteiger partial charge in [-0.1, -0.05) is 0 Å². The average Bonchev–Trinajstić information content (AvgIpc) is 3.11. The van der Waals surface area contributed by atoms with E-state index >= 15 is 0 Å². The molecule has 0 aromatic carbocycles. The van der Waals surface area contributed by atoms with Crippen LogP contribution in [0.3, 0.4) is 0 Å². The fourth-order valence-electron chi connectivity index (χ4n) is 4.35. The third kappa shape index (κ3) is 3.13. The van der Waals surface area contributed by atoms with Gasteiger partial charge < -0.3 is 10.2 Å². The highest BCUT2D eigenvalue weighted by Gasteiger charge is 2.43. The second kappa shape index (κ2) is 6.37. The summed E-state index contributed by atoms with van der Waals surface area (Å²) >= 11 is 0. The molecule has 2 atom stereocenters. The molecule has 1 aromatic heterocycles. The Hall–Kier alpha value is -1.89. The summed E-state index contributed by atoms with van der Waals surface area (Å²) in [5.41, 5.74) is 1.40. The second-order valence-electron chi connectivity index (χ2n) is 8.34. The van der Waals surface area contributed by atoms with Crippen molar-refractivity contribution in [2.24, 2.45) is 0 Å². The summed E-state index contributed by atoms with van der Waals surface area (Å²) in [5, 5.41) is 7.71. The van der Waals surface area contributed by atoms with Crippen LogP contribution in [0, 0.1) is 0 Å². The van der Waals surface area contributed by atoms with Crippen LogP contribution < -0.4 is 5.32 Å². The molecule has 26 heavy (non-hydrogen) atoms. The molecule has 1 N–H and O–H groups in total. The Bertz CT molecular complexity index is 726. The summed E-state index contributed by atoms with van der Waals surface area (Å²) in [5.74, 6) is 0.682. The zero-order valence-electron chi connectivity index (χ0n) is 16.0. The molecule has 7 heteroatoms. The Morgan fingerprint density at radius 3 is 2.73 bits per heavy atom. The van der Waals surface area contributed by atoms with Crippen LogP contribution in [0.25, 0.3) is 0 Å². The first kappa shape index (κ1) is 17.5. The number of carbonyl (C=O) groups is 2. The molecule has 2 saturated heterocycles. The van der Waals surface area contributed by atoms with Crippen LogP contribution in [-0.4, -0.2) is 69.7 Å². The van der Waals surface area contributed by atoms with E-state index < -0.39 is 0 Å². The molecule has 7 nitrogen and oxygen atoms in total. The van der Waals surface area contributed by atoms with Crippen molar-refractivity contribution in [3.05, 3.63) is 17.5 Å². The minimum atomic E-state index is -0.311. The third-order valence-corrected chi connectivity index (χ3v) is 6.10. The quantitative estimate of drug-likeness (QED) is 0.858. The lowest BCUT2D eigenvalue weighted by Gasteiger charge is -2.28. The number of likely N-dealkylation sites (tertiary alicyclic amines) is 2. The standard InChI is InChI=1S/C19H29N5O2/c1-4-24-16(13-5-6-13)11-14(21-24)17(25)20-19(2)8-10-23(12-19)15-7-9-22(3)18(15)26/h11,13,15H,4-10,12H2,1-3H3,(H,20,25). The smallest absolute Gasteiger partial charge is 0.272 e. The lowest BCUT2D eigenvalue weighted by Crippen LogP contribution is -2.50. The number of aromatic nitrogens is 2. The van der Waals surface area contributed by atoms with Crippen molar-refractivity contribution in [2.75, 3.05) is 26.7 Å². The van der Waals surface area contributed by atoms with E-state index in [-0.39, 0.29) is 23.4 Å². The molecule has 2 amide bonds. The second-order valence-corrected chi connectivity index (χ2v) is 8.34. The number of amides is 2. The van der Waals surface area contributed by atoms with Crippen molar-refractivity contribution >= 4 is 11.8 Å². The number of nitrogens with zero attached hydrogens (tertiary/aromatic N) is 4. The zero-order valence-corrected chi connectivity index (χ0v) is 16.0. The van der Waals surface area contributed by atoms with Crippen LogP contribution in [0.15, 0.2) is 6.07 Å². The van der Waals surface area contributed by atoms with Crippen LogP contribution >= 0.6 is 0 Å². The molecule has 3 fully saturated rings. The Kier molecular flexibility index (Phi) is 4.29. The highest BCUT2D eigenvalue weighted by atomic mass is 16.2. The number of rotatable bonds is 5. The summed E-state index contributed by atoms with van der Waals surface area (Å²) in [6.45, 7) is 7.31. The first-order valence-electron chi connectivity index (χ1n) is 9.79. The van der Waals surface area contributed by atoms with E-state index in [1.165, 1.54) is 18.5 Å². The number of hydrogen-bond acceptors (Lipinski definition) is 4. The van der Waals surface area contributed by atoms with E-state index in [2.05, 4.69) is 29.2 Å². The maximum Gasteiger partial charge on any atom is 0.272 e. The summed E-state index contributed by atoms with van der Waals surface area (Å²) in [7, 11) is 1.86. The fourth-order valence-corrected chi connectivity index (χ4v) is 4.35. The summed E-state index contributed by atoms with van der Waals surface area (Å²) < 4.78 is 1.96. The predicted molar refractivity (Wildman–Crippen MR) is 98.0 cm³/mol. The molecule has 2 unspecified atom stereocenters. The van der Waals surface area contributed by atoms with Crippen LogP contribution in [0.4, 0.5) is 0 Å². The average molecular weight is 359 g/mol. The molecule has 0 radical (unpaired) electrons. The predicted octanol–water partition coefficient (Wildman–Crippen LogP) is 1.21. The van der Waals surface area contributed by atoms with Gasteiger partial charge in [0, 0.05) is 44.8 Å². The summed E-state index contributed by atoms with van der Waals surface area (Å²) in [6.07, 6.45) is 4.13. The van der Waals surface area contributed by atoms with Gasteiger partial charge in [-0.2, -0.15) is 5.10 Å². The Morgan fingerprint density at radius 1 is 1.35 bits per heavy atom. The lowest BCUT2D eigenvalue weighted by molar-refractivity contribution is -0.130. The number of carbonyl (C=O) groups excluding carboxylic acids is 2. The molecule has 3 heterocycles. The number of likely N-dealkylation sites (N-methyl/N-ethyl adjacent to an activating group) is 1. The Balaban J connectivity index is 1.42. The molecule has 0 spiro atoms. The van der Waals surface area contributed by atoms with Crippen LogP contribution in [0.5, 0.6) is 0 Å². The molecule has 0 bridgehead atoms. The molecular weight excluding hydrogens is 330 g/mol. The first-order valence-corrected chi connectivity index (χ1v) is 9.79. The van der Waals surface area contributed by atoms with Gasteiger partial charge in [0.25, 0.3) is 5.91 Å². The summed E-state index contributed by atoms with van der Waals surface area (Å²) in [4.78, 5) is 29.1. The largest absolute Gasteiger partial charge is 0.344 e. The van der Waals surface area contributed by atoms with E-state index in [1.807, 2.05) is 17.8 Å². The molecule has 1 aliphatic carbocycles. The molecule has 1 aromatic rings. The van der Waals surface area contributed by atoms with Crippen molar-refractivity contribution in [3.8, 4) is 0 Å². The van der Waals surface area contributed by atoms with E-state index in [1.54, 1.807) is 4.90 Å². The molecule has 3 aliphatic rings. The van der Waals surface area contributed by atoms with Crippen molar-refractivity contribution in [1.29, 1.82) is 0 Å². The van der Waals surface area contributed by atoms with Crippen molar-refractivity contribution in [2.45, 2.75) is 63.6 Å². The van der Waals surface area contributed by atoms with Gasteiger partial charge in [-0.25, -0.2) is 0 Å². The lowest BCUT2D eigenvalue weighted by atomic mass is 10.0. The van der Waals surface area contributed by atoms with E-state index in [9.17, 15) is 9.59 Å². The maximum absolute atomic E-state index is 12.8. The van der Waals surface area contributed by atoms with E-state index in [0.29, 0.717) is 18.2 Å². The fraction of sp³-hybridized carbons (Fsp3) is 0.737. The topological polar surface area (TPSA) is 70.5 Å². The monoisotopic (exact) mass is 359 g/mol. The van der Waals surface area contributed by atoms with Crippen LogP contribution in [-0.2, 0) is 11.3 Å². The Labute approximate surface area is 154 Å². The van der Waals surface area contributed by atoms with Gasteiger partial charge in [0.1, 0.15) is 5.69 Å². The third-order valence-electron chi connectivity index (χ3n) is 6.10. The number of aryl methyl sites for hydroxylation is 1. The van der Waals surface area contributed by atoms with E-state index in [4.69, 9.17) is 0 Å². The van der Waals surface area contributed by atoms with Gasteiger partial charge in [0.15, 0.2) is 0 Å². The zero-order chi connectivity index (χ0) is 18.5. The SMILES string of the molecule is CCn1nc(C(=O)NC2(C)CCN(C3CCN(C)C3=O)C2)cc1C1CC1. The first-order chi connectivity index (χ1) is 12.4. The van der Waals surface area contributed by atoms with Gasteiger partial charge in [0.05, 0.1) is 11.6 Å². The van der Waals surface area contributed by atoms with Gasteiger partial charge in [-0.15, -0.1) is 0 Å². The van der Waals surface area contributed by atoms with Crippen LogP contribution in [0.1, 0.15) is 61.6 Å². The molecular formula is C19H29N5O2. The van der Waals surface area contributed by atoms with Gasteiger partial charge in [-0.05, 0) is 45.6 Å². The molecule has 4 rings (SSSR count). The van der Waals surface area contributed by atoms with Gasteiger partial charge in [-0.3, -0.25) is 19.2 Å². The van der Waals surface area contributed by atoms with Gasteiger partial charge >= 0.3 is 0 Å². The van der Waals surface area contributed by atoms with Crippen molar-refractivity contribution < 1.29 is 9.59 Å². The molecule has 2 aliphatic heterocycles. The minimum Gasteiger partial charge on any atom is -0.344 e. The van der Waals surface area contributed by atoms with Crippen molar-refractivity contribution in [3.63, 3.8) is 0 Å². The number of nitrogens with one attached hydrogen (secondary N) is 1. The highest BCUT2D eigenvalue weighted by Crippen LogP contribution is 2.40. The summed E-state index contributed by atoms with van der Waals surface area (Å²) in [6, 6.07) is 1.93. The highest BCUT2D eigenvalue weighted by molar-refractivity contribution is 5.93. The minimum absolute atomic E-state index is 0.0282. The molecule has 1 saturated carbocycles.